The number of nitrogens with one attached hydrogen (secondary N) is 1. The highest BCUT2D eigenvalue weighted by Crippen LogP contribution is 2.39. The van der Waals surface area contributed by atoms with Gasteiger partial charge < -0.3 is 4.98 Å². The highest BCUT2D eigenvalue weighted by molar-refractivity contribution is 6.14. The van der Waals surface area contributed by atoms with Crippen molar-refractivity contribution in [1.82, 2.24) is 4.98 Å². The van der Waals surface area contributed by atoms with Crippen molar-refractivity contribution in [2.45, 2.75) is 19.8 Å². The summed E-state index contributed by atoms with van der Waals surface area (Å²) in [5.41, 5.74) is 4.49. The van der Waals surface area contributed by atoms with Gasteiger partial charge in [-0.15, -0.1) is 0 Å². The molecule has 0 unspecified atom stereocenters. The molecule has 1 saturated carbocycles. The van der Waals surface area contributed by atoms with Crippen LogP contribution in [0.4, 0.5) is 4.39 Å². The van der Waals surface area contributed by atoms with Gasteiger partial charge in [0.15, 0.2) is 5.78 Å². The predicted molar refractivity (Wildman–Crippen MR) is 85.5 cm³/mol. The van der Waals surface area contributed by atoms with Gasteiger partial charge in [0.1, 0.15) is 5.82 Å². The van der Waals surface area contributed by atoms with E-state index in [0.717, 1.165) is 46.1 Å². The number of rotatable bonds is 3. The van der Waals surface area contributed by atoms with E-state index in [-0.39, 0.29) is 17.5 Å². The molecule has 0 bridgehead atoms. The van der Waals surface area contributed by atoms with E-state index in [9.17, 15) is 9.18 Å². The molecule has 22 heavy (non-hydrogen) atoms. The Labute approximate surface area is 128 Å². The van der Waals surface area contributed by atoms with Crippen LogP contribution >= 0.6 is 0 Å². The van der Waals surface area contributed by atoms with Gasteiger partial charge in [0.2, 0.25) is 0 Å². The molecule has 1 aliphatic carbocycles. The molecule has 3 heteroatoms. The number of hydrogen-bond acceptors (Lipinski definition) is 1. The Morgan fingerprint density at radius 2 is 1.86 bits per heavy atom. The molecule has 110 valence electrons. The number of hydrogen-bond donors (Lipinski definition) is 1. The van der Waals surface area contributed by atoms with Crippen molar-refractivity contribution in [3.05, 3.63) is 59.4 Å². The number of ketones is 1. The van der Waals surface area contributed by atoms with Crippen LogP contribution in [-0.4, -0.2) is 10.8 Å². The number of aromatic nitrogens is 1. The van der Waals surface area contributed by atoms with Crippen LogP contribution < -0.4 is 0 Å². The molecule has 1 aliphatic rings. The fraction of sp³-hybridized carbons (Fsp3) is 0.211. The van der Waals surface area contributed by atoms with Crippen LogP contribution in [0.5, 0.6) is 0 Å². The van der Waals surface area contributed by atoms with Crippen molar-refractivity contribution < 1.29 is 9.18 Å². The highest BCUT2D eigenvalue weighted by Gasteiger charge is 2.33. The number of carbonyl (C=O) groups excluding carboxylic acids is 1. The van der Waals surface area contributed by atoms with Gasteiger partial charge in [-0.25, -0.2) is 4.39 Å². The fourth-order valence-electron chi connectivity index (χ4n) is 2.94. The van der Waals surface area contributed by atoms with E-state index in [1.54, 1.807) is 12.1 Å². The minimum Gasteiger partial charge on any atom is -0.354 e. The number of halogens is 1. The Hall–Kier alpha value is -2.42. The maximum absolute atomic E-state index is 13.2. The second-order valence-corrected chi connectivity index (χ2v) is 6.07. The summed E-state index contributed by atoms with van der Waals surface area (Å²) in [7, 11) is 0. The largest absolute Gasteiger partial charge is 0.354 e. The molecule has 1 aromatic heterocycles. The van der Waals surface area contributed by atoms with Gasteiger partial charge in [0.25, 0.3) is 0 Å². The Morgan fingerprint density at radius 1 is 1.14 bits per heavy atom. The van der Waals surface area contributed by atoms with Crippen LogP contribution in [-0.2, 0) is 0 Å². The summed E-state index contributed by atoms with van der Waals surface area (Å²) in [6.07, 6.45) is 1.94. The number of benzene rings is 2. The van der Waals surface area contributed by atoms with Crippen LogP contribution in [0.15, 0.2) is 42.5 Å². The normalized spacial score (nSPS) is 14.5. The van der Waals surface area contributed by atoms with E-state index >= 15 is 0 Å². The molecule has 1 N–H and O–H groups in total. The molecule has 0 spiro atoms. The minimum atomic E-state index is -0.272. The summed E-state index contributed by atoms with van der Waals surface area (Å²) < 4.78 is 13.2. The van der Waals surface area contributed by atoms with Crippen molar-refractivity contribution in [2.75, 3.05) is 0 Å². The van der Waals surface area contributed by atoms with Gasteiger partial charge in [-0.2, -0.15) is 0 Å². The van der Waals surface area contributed by atoms with Crippen molar-refractivity contribution in [1.29, 1.82) is 0 Å². The van der Waals surface area contributed by atoms with Crippen molar-refractivity contribution in [3.63, 3.8) is 0 Å². The Balaban J connectivity index is 1.98. The van der Waals surface area contributed by atoms with E-state index in [1.165, 1.54) is 12.1 Å². The molecule has 0 radical (unpaired) electrons. The first-order valence-corrected chi connectivity index (χ1v) is 7.56. The van der Waals surface area contributed by atoms with Crippen LogP contribution in [0.25, 0.3) is 22.2 Å². The number of carbonyl (C=O) groups is 1. The zero-order chi connectivity index (χ0) is 15.3. The average molecular weight is 293 g/mol. The lowest BCUT2D eigenvalue weighted by Crippen LogP contribution is -2.02. The van der Waals surface area contributed by atoms with Gasteiger partial charge in [-0.05, 0) is 61.7 Å². The number of fused-ring (bicyclic) bond motifs is 1. The van der Waals surface area contributed by atoms with Gasteiger partial charge in [-0.3, -0.25) is 4.79 Å². The van der Waals surface area contributed by atoms with E-state index in [0.29, 0.717) is 0 Å². The molecule has 2 aromatic carbocycles. The Bertz CT molecular complexity index is 872. The van der Waals surface area contributed by atoms with Crippen LogP contribution in [0.1, 0.15) is 28.8 Å². The van der Waals surface area contributed by atoms with Crippen LogP contribution in [0, 0.1) is 18.7 Å². The van der Waals surface area contributed by atoms with E-state index in [2.05, 4.69) is 11.1 Å². The van der Waals surface area contributed by atoms with Crippen molar-refractivity contribution in [3.8, 4) is 11.3 Å². The first-order valence-electron chi connectivity index (χ1n) is 7.56. The molecule has 1 fully saturated rings. The summed E-state index contributed by atoms with van der Waals surface area (Å²) in [6, 6.07) is 12.4. The zero-order valence-corrected chi connectivity index (χ0v) is 12.3. The lowest BCUT2D eigenvalue weighted by atomic mass is 9.98. The minimum absolute atomic E-state index is 0.152. The van der Waals surface area contributed by atoms with Crippen LogP contribution in [0.3, 0.4) is 0 Å². The molecule has 0 amide bonds. The number of H-pyrrole nitrogens is 1. The van der Waals surface area contributed by atoms with Gasteiger partial charge in [0.05, 0.1) is 11.3 Å². The van der Waals surface area contributed by atoms with Crippen molar-refractivity contribution >= 4 is 16.7 Å². The molecular formula is C19H16FNO. The highest BCUT2D eigenvalue weighted by atomic mass is 19.1. The number of aryl methyl sites for hydroxylation is 1. The summed E-state index contributed by atoms with van der Waals surface area (Å²) in [4.78, 5) is 16.1. The molecular weight excluding hydrogens is 277 g/mol. The molecule has 3 aromatic rings. The zero-order valence-electron chi connectivity index (χ0n) is 12.3. The van der Waals surface area contributed by atoms with Gasteiger partial charge in [0, 0.05) is 16.8 Å². The number of Topliss-reactive ketones (excluding diaryl/α,β-unsaturated/α-hetero) is 1. The second kappa shape index (κ2) is 4.80. The van der Waals surface area contributed by atoms with Gasteiger partial charge in [-0.1, -0.05) is 11.6 Å². The summed E-state index contributed by atoms with van der Waals surface area (Å²) in [6.45, 7) is 2.02. The predicted octanol–water partition coefficient (Wildman–Crippen LogP) is 4.88. The first kappa shape index (κ1) is 13.3. The van der Waals surface area contributed by atoms with Crippen molar-refractivity contribution in [2.24, 2.45) is 5.92 Å². The molecule has 2 nitrogen and oxygen atoms in total. The summed E-state index contributed by atoms with van der Waals surface area (Å²) >= 11 is 0. The third kappa shape index (κ3) is 2.13. The smallest absolute Gasteiger partial charge is 0.168 e. The third-order valence-corrected chi connectivity index (χ3v) is 4.28. The fourth-order valence-corrected chi connectivity index (χ4v) is 2.94. The Morgan fingerprint density at radius 3 is 2.55 bits per heavy atom. The molecule has 1 heterocycles. The standard InChI is InChI=1S/C19H16FNO/c1-11-2-9-16-15(10-11)17(19(22)13-3-4-13)18(21-16)12-5-7-14(20)8-6-12/h2,5-10,13,21H,3-4H2,1H3. The second-order valence-electron chi connectivity index (χ2n) is 6.07. The number of aromatic amines is 1. The monoisotopic (exact) mass is 293 g/mol. The third-order valence-electron chi connectivity index (χ3n) is 4.28. The topological polar surface area (TPSA) is 32.9 Å². The first-order chi connectivity index (χ1) is 10.6. The van der Waals surface area contributed by atoms with Crippen LogP contribution in [0.2, 0.25) is 0 Å². The van der Waals surface area contributed by atoms with E-state index < -0.39 is 0 Å². The molecule has 0 saturated heterocycles. The summed E-state index contributed by atoms with van der Waals surface area (Å²) in [5.74, 6) is 0.0839. The van der Waals surface area contributed by atoms with E-state index in [1.807, 2.05) is 19.1 Å². The molecule has 0 atom stereocenters. The molecule has 0 aliphatic heterocycles. The molecule has 4 rings (SSSR count). The maximum Gasteiger partial charge on any atom is 0.168 e. The summed E-state index contributed by atoms with van der Waals surface area (Å²) in [5, 5.41) is 0.969. The lowest BCUT2D eigenvalue weighted by molar-refractivity contribution is 0.0970. The van der Waals surface area contributed by atoms with Gasteiger partial charge >= 0.3 is 0 Å². The maximum atomic E-state index is 13.2. The quantitative estimate of drug-likeness (QED) is 0.686. The average Bonchev–Trinajstić information content (AvgIpc) is 3.29. The Kier molecular flexibility index (Phi) is 2.89. The SMILES string of the molecule is Cc1ccc2[nH]c(-c3ccc(F)cc3)c(C(=O)C3CC3)c2c1. The van der Waals surface area contributed by atoms with E-state index in [4.69, 9.17) is 0 Å². The lowest BCUT2D eigenvalue weighted by Gasteiger charge is -2.04.